The summed E-state index contributed by atoms with van der Waals surface area (Å²) in [5.74, 6) is 0.901. The number of ether oxygens (including phenoxy) is 1. The highest BCUT2D eigenvalue weighted by Crippen LogP contribution is 2.26. The first-order chi connectivity index (χ1) is 8.92. The quantitative estimate of drug-likeness (QED) is 0.824. The summed E-state index contributed by atoms with van der Waals surface area (Å²) < 4.78 is 5.29. The molecule has 0 bridgehead atoms. The Hall–Kier alpha value is -0.770. The maximum absolute atomic E-state index is 11.7. The fourth-order valence-corrected chi connectivity index (χ4v) is 2.80. The molecule has 2 N–H and O–H groups in total. The van der Waals surface area contributed by atoms with Gasteiger partial charge in [-0.15, -0.1) is 0 Å². The zero-order chi connectivity index (χ0) is 13.9. The van der Waals surface area contributed by atoms with E-state index in [0.717, 1.165) is 31.7 Å². The Balaban J connectivity index is 1.62. The van der Waals surface area contributed by atoms with Crippen LogP contribution in [0.15, 0.2) is 0 Å². The maximum Gasteiger partial charge on any atom is 0.407 e. The van der Waals surface area contributed by atoms with Crippen molar-refractivity contribution in [2.24, 2.45) is 5.92 Å². The highest BCUT2D eigenvalue weighted by Gasteiger charge is 2.28. The van der Waals surface area contributed by atoms with Crippen LogP contribution in [-0.2, 0) is 4.74 Å². The normalized spacial score (nSPS) is 27.9. The van der Waals surface area contributed by atoms with E-state index in [1.165, 1.54) is 19.3 Å². The third-order valence-corrected chi connectivity index (χ3v) is 4.07. The number of amides is 1. The molecule has 2 aliphatic rings. The van der Waals surface area contributed by atoms with E-state index < -0.39 is 5.60 Å². The lowest BCUT2D eigenvalue weighted by Crippen LogP contribution is -2.39. The number of hydrogen-bond donors (Lipinski definition) is 2. The molecule has 2 fully saturated rings. The third-order valence-electron chi connectivity index (χ3n) is 4.07. The monoisotopic (exact) mass is 268 g/mol. The summed E-state index contributed by atoms with van der Waals surface area (Å²) in [6.07, 6.45) is 7.15. The third kappa shape index (κ3) is 5.01. The van der Waals surface area contributed by atoms with E-state index in [9.17, 15) is 4.79 Å². The van der Waals surface area contributed by atoms with E-state index in [4.69, 9.17) is 4.74 Å². The van der Waals surface area contributed by atoms with Gasteiger partial charge < -0.3 is 15.4 Å². The smallest absolute Gasteiger partial charge is 0.407 e. The van der Waals surface area contributed by atoms with Crippen molar-refractivity contribution in [2.45, 2.75) is 77.0 Å². The molecule has 2 rings (SSSR count). The average molecular weight is 268 g/mol. The second-order valence-corrected chi connectivity index (χ2v) is 7.06. The fraction of sp³-hybridized carbons (Fsp3) is 0.933. The fourth-order valence-electron chi connectivity index (χ4n) is 2.80. The summed E-state index contributed by atoms with van der Waals surface area (Å²) in [7, 11) is 0. The molecule has 2 saturated carbocycles. The highest BCUT2D eigenvalue weighted by atomic mass is 16.6. The molecule has 110 valence electrons. The summed E-state index contributed by atoms with van der Waals surface area (Å²) in [6, 6.07) is 0.842. The molecule has 2 aliphatic carbocycles. The van der Waals surface area contributed by atoms with E-state index in [2.05, 4.69) is 10.6 Å². The van der Waals surface area contributed by atoms with Gasteiger partial charge in [0, 0.05) is 12.1 Å². The highest BCUT2D eigenvalue weighted by molar-refractivity contribution is 5.68. The van der Waals surface area contributed by atoms with Gasteiger partial charge in [0.05, 0.1) is 0 Å². The number of alkyl carbamates (subject to hydrolysis) is 1. The van der Waals surface area contributed by atoms with E-state index in [1.54, 1.807) is 0 Å². The Bertz CT molecular complexity index is 308. The van der Waals surface area contributed by atoms with Gasteiger partial charge in [0.15, 0.2) is 0 Å². The first-order valence-electron chi connectivity index (χ1n) is 7.65. The zero-order valence-corrected chi connectivity index (χ0v) is 12.5. The molecule has 19 heavy (non-hydrogen) atoms. The molecule has 1 amide bonds. The van der Waals surface area contributed by atoms with Crippen LogP contribution in [0.2, 0.25) is 0 Å². The predicted octanol–water partition coefficient (Wildman–Crippen LogP) is 2.82. The molecule has 2 atom stereocenters. The molecule has 0 saturated heterocycles. The van der Waals surface area contributed by atoms with E-state index in [0.29, 0.717) is 6.04 Å². The Morgan fingerprint density at radius 2 is 1.84 bits per heavy atom. The lowest BCUT2D eigenvalue weighted by atomic mass is 9.85. The summed E-state index contributed by atoms with van der Waals surface area (Å²) in [5, 5.41) is 6.62. The van der Waals surface area contributed by atoms with Gasteiger partial charge in [0.25, 0.3) is 0 Å². The minimum absolute atomic E-state index is 0.272. The minimum Gasteiger partial charge on any atom is -0.444 e. The molecular formula is C15H28N2O2. The molecule has 2 unspecified atom stereocenters. The van der Waals surface area contributed by atoms with Crippen LogP contribution < -0.4 is 10.6 Å². The first-order valence-corrected chi connectivity index (χ1v) is 7.65. The number of carbonyl (C=O) groups is 1. The van der Waals surface area contributed by atoms with Crippen molar-refractivity contribution in [3.8, 4) is 0 Å². The summed E-state index contributed by atoms with van der Waals surface area (Å²) >= 11 is 0. The standard InChI is InChI=1S/C15H28N2O2/c1-15(2,3)19-14(18)17-13-8-7-12(9-13)16-10-11-5-4-6-11/h11-13,16H,4-10H2,1-3H3,(H,17,18). The van der Waals surface area contributed by atoms with Crippen molar-refractivity contribution in [2.75, 3.05) is 6.54 Å². The zero-order valence-electron chi connectivity index (χ0n) is 12.5. The van der Waals surface area contributed by atoms with Crippen LogP contribution in [0.4, 0.5) is 4.79 Å². The Kier molecular flexibility index (Phi) is 4.71. The average Bonchev–Trinajstić information content (AvgIpc) is 2.60. The van der Waals surface area contributed by atoms with Crippen molar-refractivity contribution in [1.29, 1.82) is 0 Å². The Morgan fingerprint density at radius 1 is 1.16 bits per heavy atom. The number of carbonyl (C=O) groups excluding carboxylic acids is 1. The lowest BCUT2D eigenvalue weighted by Gasteiger charge is -2.27. The van der Waals surface area contributed by atoms with Crippen molar-refractivity contribution < 1.29 is 9.53 Å². The molecule has 0 spiro atoms. The largest absolute Gasteiger partial charge is 0.444 e. The van der Waals surface area contributed by atoms with E-state index in [-0.39, 0.29) is 12.1 Å². The molecule has 0 radical (unpaired) electrons. The van der Waals surface area contributed by atoms with Gasteiger partial charge >= 0.3 is 6.09 Å². The van der Waals surface area contributed by atoms with Gasteiger partial charge in [-0.3, -0.25) is 0 Å². The summed E-state index contributed by atoms with van der Waals surface area (Å²) in [4.78, 5) is 11.7. The molecule has 4 heteroatoms. The van der Waals surface area contributed by atoms with Gasteiger partial charge in [-0.2, -0.15) is 0 Å². The molecule has 0 aromatic rings. The molecule has 0 aliphatic heterocycles. The first kappa shape index (κ1) is 14.6. The van der Waals surface area contributed by atoms with Crippen LogP contribution in [0, 0.1) is 5.92 Å². The second kappa shape index (κ2) is 6.12. The van der Waals surface area contributed by atoms with Crippen molar-refractivity contribution in [3.63, 3.8) is 0 Å². The van der Waals surface area contributed by atoms with Gasteiger partial charge in [-0.1, -0.05) is 6.42 Å². The van der Waals surface area contributed by atoms with Crippen molar-refractivity contribution in [1.82, 2.24) is 10.6 Å². The topological polar surface area (TPSA) is 50.4 Å². The molecule has 0 aromatic heterocycles. The predicted molar refractivity (Wildman–Crippen MR) is 76.1 cm³/mol. The molecule has 4 nitrogen and oxygen atoms in total. The van der Waals surface area contributed by atoms with Gasteiger partial charge in [0.2, 0.25) is 0 Å². The van der Waals surface area contributed by atoms with Gasteiger partial charge in [0.1, 0.15) is 5.60 Å². The molecular weight excluding hydrogens is 240 g/mol. The van der Waals surface area contributed by atoms with Crippen LogP contribution in [0.1, 0.15) is 59.3 Å². The van der Waals surface area contributed by atoms with E-state index >= 15 is 0 Å². The maximum atomic E-state index is 11.7. The SMILES string of the molecule is CC(C)(C)OC(=O)NC1CCC(NCC2CCC2)C1. The van der Waals surface area contributed by atoms with Crippen molar-refractivity contribution >= 4 is 6.09 Å². The summed E-state index contributed by atoms with van der Waals surface area (Å²) in [5.41, 5.74) is -0.412. The van der Waals surface area contributed by atoms with E-state index in [1.807, 2.05) is 20.8 Å². The van der Waals surface area contributed by atoms with Crippen LogP contribution in [0.5, 0.6) is 0 Å². The number of hydrogen-bond acceptors (Lipinski definition) is 3. The minimum atomic E-state index is -0.412. The Labute approximate surface area is 116 Å². The van der Waals surface area contributed by atoms with Crippen LogP contribution in [-0.4, -0.2) is 30.3 Å². The Morgan fingerprint density at radius 3 is 2.42 bits per heavy atom. The second-order valence-electron chi connectivity index (χ2n) is 7.06. The lowest BCUT2D eigenvalue weighted by molar-refractivity contribution is 0.0505. The summed E-state index contributed by atoms with van der Waals surface area (Å²) in [6.45, 7) is 6.84. The molecule has 0 heterocycles. The molecule has 0 aromatic carbocycles. The van der Waals surface area contributed by atoms with Gasteiger partial charge in [-0.05, 0) is 65.3 Å². The van der Waals surface area contributed by atoms with Crippen LogP contribution >= 0.6 is 0 Å². The van der Waals surface area contributed by atoms with Crippen molar-refractivity contribution in [3.05, 3.63) is 0 Å². The van der Waals surface area contributed by atoms with Crippen LogP contribution in [0.25, 0.3) is 0 Å². The number of nitrogens with one attached hydrogen (secondary N) is 2. The van der Waals surface area contributed by atoms with Gasteiger partial charge in [-0.25, -0.2) is 4.79 Å². The van der Waals surface area contributed by atoms with Crippen LogP contribution in [0.3, 0.4) is 0 Å². The number of rotatable bonds is 4.